The Morgan fingerprint density at radius 3 is 3.11 bits per heavy atom. The molecule has 1 aromatic rings. The number of ether oxygens (including phenoxy) is 1. The molecular formula is C15H23ClN2O. The first kappa shape index (κ1) is 14.6. The Bertz CT molecular complexity index is 392. The fourth-order valence-corrected chi connectivity index (χ4v) is 2.53. The fraction of sp³-hybridized carbons (Fsp3) is 0.600. The molecule has 2 rings (SSSR count). The van der Waals surface area contributed by atoms with Gasteiger partial charge in [-0.15, -0.1) is 0 Å². The van der Waals surface area contributed by atoms with Crippen molar-refractivity contribution < 1.29 is 4.74 Å². The molecule has 3 nitrogen and oxygen atoms in total. The number of hydrogen-bond acceptors (Lipinski definition) is 3. The van der Waals surface area contributed by atoms with Gasteiger partial charge in [-0.1, -0.05) is 18.5 Å². The van der Waals surface area contributed by atoms with E-state index in [9.17, 15) is 0 Å². The average Bonchev–Trinajstić information content (AvgIpc) is 2.91. The van der Waals surface area contributed by atoms with Crippen LogP contribution < -0.4 is 15.4 Å². The van der Waals surface area contributed by atoms with Gasteiger partial charge in [-0.3, -0.25) is 0 Å². The molecule has 0 aliphatic carbocycles. The van der Waals surface area contributed by atoms with Crippen LogP contribution in [0.1, 0.15) is 25.3 Å². The molecule has 0 amide bonds. The van der Waals surface area contributed by atoms with Crippen molar-refractivity contribution in [2.45, 2.75) is 26.3 Å². The standard InChI is InChI=1S/C15H23ClN2O/c1-2-7-19-15-4-3-14(16)8-13(15)11-18-10-12-5-6-17-9-12/h3-4,8,12,17-18H,2,5-7,9-11H2,1H3/t12-/m1/s1. The van der Waals surface area contributed by atoms with Crippen LogP contribution >= 0.6 is 11.6 Å². The summed E-state index contributed by atoms with van der Waals surface area (Å²) < 4.78 is 5.75. The molecule has 0 unspecified atom stereocenters. The lowest BCUT2D eigenvalue weighted by molar-refractivity contribution is 0.313. The van der Waals surface area contributed by atoms with Crippen molar-refractivity contribution in [3.05, 3.63) is 28.8 Å². The van der Waals surface area contributed by atoms with Crippen molar-refractivity contribution in [2.75, 3.05) is 26.2 Å². The molecule has 1 aliphatic rings. The third-order valence-electron chi connectivity index (χ3n) is 3.40. The second-order valence-electron chi connectivity index (χ2n) is 5.09. The van der Waals surface area contributed by atoms with Gasteiger partial charge in [0.2, 0.25) is 0 Å². The summed E-state index contributed by atoms with van der Waals surface area (Å²) in [5, 5.41) is 7.66. The summed E-state index contributed by atoms with van der Waals surface area (Å²) in [4.78, 5) is 0. The Kier molecular flexibility index (Phi) is 5.95. The van der Waals surface area contributed by atoms with Gasteiger partial charge in [-0.2, -0.15) is 0 Å². The molecule has 0 saturated carbocycles. The summed E-state index contributed by atoms with van der Waals surface area (Å²) in [6.07, 6.45) is 2.28. The van der Waals surface area contributed by atoms with Crippen LogP contribution in [0, 0.1) is 5.92 Å². The summed E-state index contributed by atoms with van der Waals surface area (Å²) in [5.41, 5.74) is 1.15. The molecule has 2 N–H and O–H groups in total. The van der Waals surface area contributed by atoms with E-state index in [4.69, 9.17) is 16.3 Å². The molecule has 19 heavy (non-hydrogen) atoms. The van der Waals surface area contributed by atoms with E-state index >= 15 is 0 Å². The van der Waals surface area contributed by atoms with Gasteiger partial charge in [-0.05, 0) is 56.6 Å². The molecule has 1 heterocycles. The summed E-state index contributed by atoms with van der Waals surface area (Å²) in [6.45, 7) is 7.00. The summed E-state index contributed by atoms with van der Waals surface area (Å²) >= 11 is 6.06. The van der Waals surface area contributed by atoms with Crippen LogP contribution in [0.5, 0.6) is 5.75 Å². The van der Waals surface area contributed by atoms with Crippen molar-refractivity contribution in [3.8, 4) is 5.75 Å². The molecule has 1 saturated heterocycles. The number of nitrogens with one attached hydrogen (secondary N) is 2. The van der Waals surface area contributed by atoms with Crippen LogP contribution in [-0.2, 0) is 6.54 Å². The first-order chi connectivity index (χ1) is 9.29. The van der Waals surface area contributed by atoms with Gasteiger partial charge in [0.15, 0.2) is 0 Å². The molecule has 1 aliphatic heterocycles. The maximum atomic E-state index is 6.06. The molecule has 0 aromatic heterocycles. The fourth-order valence-electron chi connectivity index (χ4n) is 2.34. The van der Waals surface area contributed by atoms with E-state index in [0.29, 0.717) is 0 Å². The second-order valence-corrected chi connectivity index (χ2v) is 5.53. The number of benzene rings is 1. The first-order valence-corrected chi connectivity index (χ1v) is 7.50. The lowest BCUT2D eigenvalue weighted by atomic mass is 10.1. The molecule has 106 valence electrons. The van der Waals surface area contributed by atoms with Crippen molar-refractivity contribution in [1.29, 1.82) is 0 Å². The highest BCUT2D eigenvalue weighted by molar-refractivity contribution is 6.30. The highest BCUT2D eigenvalue weighted by Gasteiger charge is 2.14. The summed E-state index contributed by atoms with van der Waals surface area (Å²) in [5.74, 6) is 1.70. The Balaban J connectivity index is 1.87. The molecule has 0 radical (unpaired) electrons. The van der Waals surface area contributed by atoms with E-state index in [0.717, 1.165) is 61.5 Å². The predicted octanol–water partition coefficient (Wildman–Crippen LogP) is 2.83. The second kappa shape index (κ2) is 7.73. The Morgan fingerprint density at radius 2 is 2.37 bits per heavy atom. The minimum atomic E-state index is 0.749. The van der Waals surface area contributed by atoms with Gasteiger partial charge < -0.3 is 15.4 Å². The maximum Gasteiger partial charge on any atom is 0.123 e. The Labute approximate surface area is 120 Å². The zero-order valence-corrected chi connectivity index (χ0v) is 12.3. The van der Waals surface area contributed by atoms with E-state index in [1.165, 1.54) is 6.42 Å². The van der Waals surface area contributed by atoms with Crippen LogP contribution in [0.2, 0.25) is 5.02 Å². The zero-order valence-electron chi connectivity index (χ0n) is 11.5. The van der Waals surface area contributed by atoms with Crippen LogP contribution in [0.15, 0.2) is 18.2 Å². The van der Waals surface area contributed by atoms with Crippen molar-refractivity contribution in [1.82, 2.24) is 10.6 Å². The summed E-state index contributed by atoms with van der Waals surface area (Å²) in [7, 11) is 0. The quantitative estimate of drug-likeness (QED) is 0.807. The average molecular weight is 283 g/mol. The predicted molar refractivity (Wildman–Crippen MR) is 79.9 cm³/mol. The van der Waals surface area contributed by atoms with Crippen molar-refractivity contribution in [2.24, 2.45) is 5.92 Å². The van der Waals surface area contributed by atoms with Crippen LogP contribution in [-0.4, -0.2) is 26.2 Å². The van der Waals surface area contributed by atoms with E-state index < -0.39 is 0 Å². The lowest BCUT2D eigenvalue weighted by Gasteiger charge is -2.14. The highest BCUT2D eigenvalue weighted by Crippen LogP contribution is 2.23. The molecule has 0 bridgehead atoms. The maximum absolute atomic E-state index is 6.06. The molecule has 1 aromatic carbocycles. The molecule has 1 fully saturated rings. The van der Waals surface area contributed by atoms with Crippen LogP contribution in [0.25, 0.3) is 0 Å². The molecular weight excluding hydrogens is 260 g/mol. The lowest BCUT2D eigenvalue weighted by Crippen LogP contribution is -2.24. The number of hydrogen-bond donors (Lipinski definition) is 2. The summed E-state index contributed by atoms with van der Waals surface area (Å²) in [6, 6.07) is 5.84. The molecule has 4 heteroatoms. The van der Waals surface area contributed by atoms with Crippen LogP contribution in [0.3, 0.4) is 0 Å². The van der Waals surface area contributed by atoms with Crippen molar-refractivity contribution in [3.63, 3.8) is 0 Å². The van der Waals surface area contributed by atoms with Gasteiger partial charge in [0.25, 0.3) is 0 Å². The van der Waals surface area contributed by atoms with Gasteiger partial charge >= 0.3 is 0 Å². The zero-order chi connectivity index (χ0) is 13.5. The normalized spacial score (nSPS) is 18.7. The molecule has 1 atom stereocenters. The molecule has 0 spiro atoms. The van der Waals surface area contributed by atoms with Gasteiger partial charge in [0, 0.05) is 17.1 Å². The van der Waals surface area contributed by atoms with Gasteiger partial charge in [-0.25, -0.2) is 0 Å². The SMILES string of the molecule is CCCOc1ccc(Cl)cc1CNC[C@@H]1CCNC1. The number of rotatable bonds is 7. The van der Waals surface area contributed by atoms with Gasteiger partial charge in [0.05, 0.1) is 6.61 Å². The minimum Gasteiger partial charge on any atom is -0.493 e. The van der Waals surface area contributed by atoms with Crippen LogP contribution in [0.4, 0.5) is 0 Å². The van der Waals surface area contributed by atoms with Crippen molar-refractivity contribution >= 4 is 11.6 Å². The monoisotopic (exact) mass is 282 g/mol. The largest absolute Gasteiger partial charge is 0.493 e. The van der Waals surface area contributed by atoms with E-state index in [1.54, 1.807) is 0 Å². The topological polar surface area (TPSA) is 33.3 Å². The Morgan fingerprint density at radius 1 is 1.47 bits per heavy atom. The highest BCUT2D eigenvalue weighted by atomic mass is 35.5. The first-order valence-electron chi connectivity index (χ1n) is 7.12. The van der Waals surface area contributed by atoms with Gasteiger partial charge in [0.1, 0.15) is 5.75 Å². The van der Waals surface area contributed by atoms with E-state index in [2.05, 4.69) is 17.6 Å². The number of halogens is 1. The third-order valence-corrected chi connectivity index (χ3v) is 3.63. The third kappa shape index (κ3) is 4.68. The van der Waals surface area contributed by atoms with E-state index in [-0.39, 0.29) is 0 Å². The minimum absolute atomic E-state index is 0.749. The van der Waals surface area contributed by atoms with E-state index in [1.807, 2.05) is 18.2 Å². The Hall–Kier alpha value is -0.770. The smallest absolute Gasteiger partial charge is 0.123 e.